The molecule has 1 aromatic heterocycles. The molecule has 0 bridgehead atoms. The highest BCUT2D eigenvalue weighted by Gasteiger charge is 2.14. The van der Waals surface area contributed by atoms with E-state index in [1.165, 1.54) is 0 Å². The zero-order chi connectivity index (χ0) is 15.5. The number of nitrogens with one attached hydrogen (secondary N) is 1. The number of ether oxygens (including phenoxy) is 2. The van der Waals surface area contributed by atoms with Gasteiger partial charge in [-0.05, 0) is 25.5 Å². The van der Waals surface area contributed by atoms with Crippen molar-refractivity contribution in [3.63, 3.8) is 0 Å². The number of nitriles is 1. The van der Waals surface area contributed by atoms with E-state index in [-0.39, 0.29) is 6.61 Å². The molecule has 6 heteroatoms. The fraction of sp³-hybridized carbons (Fsp3) is 0.400. The average Bonchev–Trinajstić information content (AvgIpc) is 2.51. The topological polar surface area (TPSA) is 84.2 Å². The van der Waals surface area contributed by atoms with Crippen molar-refractivity contribution in [3.05, 3.63) is 36.5 Å². The molecule has 0 spiro atoms. The monoisotopic (exact) mass is 289 g/mol. The van der Waals surface area contributed by atoms with Gasteiger partial charge in [0.05, 0.1) is 18.7 Å². The Morgan fingerprint density at radius 2 is 2.43 bits per heavy atom. The summed E-state index contributed by atoms with van der Waals surface area (Å²) in [6, 6.07) is 5.38. The Balaban J connectivity index is 2.26. The first-order chi connectivity index (χ1) is 10.2. The Labute approximate surface area is 124 Å². The maximum absolute atomic E-state index is 11.6. The fourth-order valence-corrected chi connectivity index (χ4v) is 1.47. The van der Waals surface area contributed by atoms with Crippen LogP contribution >= 0.6 is 0 Å². The minimum Gasteiger partial charge on any atom is -0.462 e. The number of hydrogen-bond donors (Lipinski definition) is 1. The molecular weight excluding hydrogens is 270 g/mol. The molecule has 6 nitrogen and oxygen atoms in total. The standard InChI is InChI=1S/C15H19N3O3/c1-3-4-9-20-12(2)15(19)21-10-8-18-14-13(11-16)6-5-7-17-14/h3,5-7,12H,1,4,8-10H2,2H3,(H,17,18). The van der Waals surface area contributed by atoms with Crippen molar-refractivity contribution >= 4 is 11.8 Å². The molecule has 1 atom stereocenters. The van der Waals surface area contributed by atoms with Gasteiger partial charge in [0, 0.05) is 6.20 Å². The van der Waals surface area contributed by atoms with E-state index in [2.05, 4.69) is 16.9 Å². The molecule has 0 amide bonds. The second-order valence-electron chi connectivity index (χ2n) is 4.20. The molecule has 1 aromatic rings. The molecule has 1 rings (SSSR count). The van der Waals surface area contributed by atoms with Crippen molar-refractivity contribution in [2.24, 2.45) is 0 Å². The minimum atomic E-state index is -0.602. The Kier molecular flexibility index (Phi) is 7.54. The number of carbonyl (C=O) groups is 1. The van der Waals surface area contributed by atoms with Gasteiger partial charge in [-0.15, -0.1) is 6.58 Å². The molecule has 1 heterocycles. The highest BCUT2D eigenvalue weighted by molar-refractivity contribution is 5.74. The van der Waals surface area contributed by atoms with Gasteiger partial charge in [0.25, 0.3) is 0 Å². The van der Waals surface area contributed by atoms with Crippen molar-refractivity contribution in [1.29, 1.82) is 5.26 Å². The minimum absolute atomic E-state index is 0.176. The Morgan fingerprint density at radius 1 is 1.62 bits per heavy atom. The lowest BCUT2D eigenvalue weighted by Crippen LogP contribution is -2.26. The van der Waals surface area contributed by atoms with E-state index >= 15 is 0 Å². The van der Waals surface area contributed by atoms with Crippen LogP contribution in [-0.2, 0) is 14.3 Å². The molecule has 0 aliphatic rings. The molecule has 0 radical (unpaired) electrons. The second kappa shape index (κ2) is 9.50. The summed E-state index contributed by atoms with van der Waals surface area (Å²) in [6.45, 7) is 6.21. The quantitative estimate of drug-likeness (QED) is 0.424. The lowest BCUT2D eigenvalue weighted by molar-refractivity contribution is -0.155. The van der Waals surface area contributed by atoms with Crippen LogP contribution < -0.4 is 5.32 Å². The van der Waals surface area contributed by atoms with E-state index in [4.69, 9.17) is 14.7 Å². The van der Waals surface area contributed by atoms with Gasteiger partial charge in [0.2, 0.25) is 0 Å². The number of nitrogens with zero attached hydrogens (tertiary/aromatic N) is 2. The summed E-state index contributed by atoms with van der Waals surface area (Å²) in [5.74, 6) is 0.0636. The highest BCUT2D eigenvalue weighted by Crippen LogP contribution is 2.08. The zero-order valence-corrected chi connectivity index (χ0v) is 12.0. The van der Waals surface area contributed by atoms with E-state index in [1.807, 2.05) is 6.07 Å². The first kappa shape index (κ1) is 16.7. The summed E-state index contributed by atoms with van der Waals surface area (Å²) in [5.41, 5.74) is 0.449. The maximum Gasteiger partial charge on any atom is 0.335 e. The Morgan fingerprint density at radius 3 is 3.14 bits per heavy atom. The summed E-state index contributed by atoms with van der Waals surface area (Å²) in [5, 5.41) is 11.8. The first-order valence-electron chi connectivity index (χ1n) is 6.67. The van der Waals surface area contributed by atoms with E-state index < -0.39 is 12.1 Å². The van der Waals surface area contributed by atoms with Crippen LogP contribution in [-0.4, -0.2) is 36.8 Å². The third kappa shape index (κ3) is 6.06. The van der Waals surface area contributed by atoms with Crippen LogP contribution in [0.1, 0.15) is 18.9 Å². The lowest BCUT2D eigenvalue weighted by atomic mass is 10.3. The summed E-state index contributed by atoms with van der Waals surface area (Å²) >= 11 is 0. The van der Waals surface area contributed by atoms with Crippen LogP contribution in [0.2, 0.25) is 0 Å². The molecule has 1 N–H and O–H groups in total. The Bertz CT molecular complexity index is 511. The summed E-state index contributed by atoms with van der Waals surface area (Å²) in [6.07, 6.45) is 3.40. The van der Waals surface area contributed by atoms with Gasteiger partial charge < -0.3 is 14.8 Å². The van der Waals surface area contributed by atoms with E-state index in [0.29, 0.717) is 31.0 Å². The van der Waals surface area contributed by atoms with Gasteiger partial charge in [0.1, 0.15) is 18.5 Å². The third-order valence-corrected chi connectivity index (χ3v) is 2.59. The molecular formula is C15H19N3O3. The smallest absolute Gasteiger partial charge is 0.335 e. The molecule has 1 unspecified atom stereocenters. The highest BCUT2D eigenvalue weighted by atomic mass is 16.6. The van der Waals surface area contributed by atoms with Gasteiger partial charge in [-0.3, -0.25) is 0 Å². The Hall–Kier alpha value is -2.39. The van der Waals surface area contributed by atoms with E-state index in [9.17, 15) is 4.79 Å². The number of anilines is 1. The van der Waals surface area contributed by atoms with Crippen LogP contribution in [0, 0.1) is 11.3 Å². The maximum atomic E-state index is 11.6. The summed E-state index contributed by atoms with van der Waals surface area (Å²) in [4.78, 5) is 15.6. The summed E-state index contributed by atoms with van der Waals surface area (Å²) in [7, 11) is 0. The number of rotatable bonds is 9. The van der Waals surface area contributed by atoms with Crippen molar-refractivity contribution < 1.29 is 14.3 Å². The number of aromatic nitrogens is 1. The fourth-order valence-electron chi connectivity index (χ4n) is 1.47. The van der Waals surface area contributed by atoms with Crippen LogP contribution in [0.4, 0.5) is 5.82 Å². The molecule has 0 fully saturated rings. The molecule has 0 saturated heterocycles. The van der Waals surface area contributed by atoms with Crippen molar-refractivity contribution in [3.8, 4) is 6.07 Å². The van der Waals surface area contributed by atoms with Crippen LogP contribution in [0.5, 0.6) is 0 Å². The van der Waals surface area contributed by atoms with Gasteiger partial charge >= 0.3 is 5.97 Å². The van der Waals surface area contributed by atoms with Crippen LogP contribution in [0.15, 0.2) is 31.0 Å². The number of esters is 1. The van der Waals surface area contributed by atoms with Crippen molar-refractivity contribution in [1.82, 2.24) is 4.98 Å². The molecule has 112 valence electrons. The first-order valence-corrected chi connectivity index (χ1v) is 6.67. The summed E-state index contributed by atoms with van der Waals surface area (Å²) < 4.78 is 10.3. The molecule has 0 aromatic carbocycles. The second-order valence-corrected chi connectivity index (χ2v) is 4.20. The molecule has 0 aliphatic heterocycles. The van der Waals surface area contributed by atoms with E-state index in [1.54, 1.807) is 31.3 Å². The average molecular weight is 289 g/mol. The largest absolute Gasteiger partial charge is 0.462 e. The van der Waals surface area contributed by atoms with Gasteiger partial charge in [-0.25, -0.2) is 9.78 Å². The molecule has 21 heavy (non-hydrogen) atoms. The third-order valence-electron chi connectivity index (χ3n) is 2.59. The van der Waals surface area contributed by atoms with Crippen LogP contribution in [0.3, 0.4) is 0 Å². The SMILES string of the molecule is C=CCCOC(C)C(=O)OCCNc1ncccc1C#N. The molecule has 0 saturated carbocycles. The normalized spacial score (nSPS) is 11.2. The van der Waals surface area contributed by atoms with Gasteiger partial charge in [-0.1, -0.05) is 6.08 Å². The molecule has 0 aliphatic carbocycles. The number of pyridine rings is 1. The van der Waals surface area contributed by atoms with Gasteiger partial charge in [0.15, 0.2) is 6.10 Å². The van der Waals surface area contributed by atoms with Crippen molar-refractivity contribution in [2.45, 2.75) is 19.4 Å². The zero-order valence-electron chi connectivity index (χ0n) is 12.0. The van der Waals surface area contributed by atoms with Crippen LogP contribution in [0.25, 0.3) is 0 Å². The predicted molar refractivity (Wildman–Crippen MR) is 78.6 cm³/mol. The lowest BCUT2D eigenvalue weighted by Gasteiger charge is -2.12. The van der Waals surface area contributed by atoms with E-state index in [0.717, 1.165) is 0 Å². The van der Waals surface area contributed by atoms with Crippen molar-refractivity contribution in [2.75, 3.05) is 25.1 Å². The predicted octanol–water partition coefficient (Wildman–Crippen LogP) is 1.89. The number of carbonyl (C=O) groups excluding carboxylic acids is 1. The number of hydrogen-bond acceptors (Lipinski definition) is 6. The van der Waals surface area contributed by atoms with Gasteiger partial charge in [-0.2, -0.15) is 5.26 Å².